The lowest BCUT2D eigenvalue weighted by molar-refractivity contribution is -0.107. The Morgan fingerprint density at radius 1 is 1.46 bits per heavy atom. The minimum Gasteiger partial charge on any atom is -0.314 e. The fourth-order valence-corrected chi connectivity index (χ4v) is 1.99. The Kier molecular flexibility index (Phi) is 2.05. The van der Waals surface area contributed by atoms with E-state index in [0.29, 0.717) is 0 Å². The van der Waals surface area contributed by atoms with Crippen molar-refractivity contribution in [2.24, 2.45) is 0 Å². The van der Waals surface area contributed by atoms with Gasteiger partial charge in [-0.15, -0.1) is 0 Å². The molecule has 0 radical (unpaired) electrons. The minimum absolute atomic E-state index is 0.862. The topological polar surface area (TPSA) is 20.3 Å². The number of para-hydroxylation sites is 1. The van der Waals surface area contributed by atoms with Gasteiger partial charge in [0, 0.05) is 12.2 Å². The molecule has 0 fully saturated rings. The summed E-state index contributed by atoms with van der Waals surface area (Å²) >= 11 is 0. The maximum absolute atomic E-state index is 10.8. The number of carbonyl (C=O) groups is 1. The van der Waals surface area contributed by atoms with Crippen LogP contribution < -0.4 is 4.90 Å². The predicted molar refractivity (Wildman–Crippen MR) is 52.9 cm³/mol. The van der Waals surface area contributed by atoms with Crippen LogP contribution in [0.25, 0.3) is 0 Å². The molecule has 1 amide bonds. The lowest BCUT2D eigenvalue weighted by atomic mass is 9.99. The Bertz CT molecular complexity index is 333. The van der Waals surface area contributed by atoms with E-state index in [1.807, 2.05) is 4.90 Å². The number of carbonyl (C=O) groups excluding carboxylic acids is 1. The first-order chi connectivity index (χ1) is 6.33. The Hall–Kier alpha value is -1.31. The lowest BCUT2D eigenvalue weighted by Crippen LogP contribution is -2.28. The van der Waals surface area contributed by atoms with Crippen LogP contribution in [-0.4, -0.2) is 13.0 Å². The van der Waals surface area contributed by atoms with E-state index in [1.54, 1.807) is 0 Å². The smallest absolute Gasteiger partial charge is 0.214 e. The van der Waals surface area contributed by atoms with Crippen LogP contribution in [0, 0.1) is 6.92 Å². The quantitative estimate of drug-likeness (QED) is 0.597. The summed E-state index contributed by atoms with van der Waals surface area (Å²) in [6.07, 6.45) is 3.11. The van der Waals surface area contributed by atoms with Crippen LogP contribution in [0.4, 0.5) is 5.69 Å². The molecule has 1 aromatic rings. The van der Waals surface area contributed by atoms with Crippen molar-refractivity contribution < 1.29 is 4.79 Å². The highest BCUT2D eigenvalue weighted by Crippen LogP contribution is 2.28. The van der Waals surface area contributed by atoms with Crippen molar-refractivity contribution in [3.8, 4) is 0 Å². The summed E-state index contributed by atoms with van der Waals surface area (Å²) < 4.78 is 0. The van der Waals surface area contributed by atoms with E-state index >= 15 is 0 Å². The number of anilines is 1. The summed E-state index contributed by atoms with van der Waals surface area (Å²) in [6, 6.07) is 6.22. The molecule has 0 bridgehead atoms. The maximum Gasteiger partial charge on any atom is 0.214 e. The molecule has 0 N–H and O–H groups in total. The number of rotatable bonds is 1. The number of benzene rings is 1. The fourth-order valence-electron chi connectivity index (χ4n) is 1.99. The molecule has 0 spiro atoms. The van der Waals surface area contributed by atoms with Crippen molar-refractivity contribution in [2.45, 2.75) is 19.8 Å². The van der Waals surface area contributed by atoms with Gasteiger partial charge in [-0.25, -0.2) is 0 Å². The van der Waals surface area contributed by atoms with Crippen LogP contribution in [0.1, 0.15) is 17.5 Å². The van der Waals surface area contributed by atoms with Gasteiger partial charge in [-0.2, -0.15) is 0 Å². The largest absolute Gasteiger partial charge is 0.314 e. The zero-order valence-corrected chi connectivity index (χ0v) is 7.79. The summed E-state index contributed by atoms with van der Waals surface area (Å²) in [4.78, 5) is 12.6. The van der Waals surface area contributed by atoms with E-state index in [2.05, 4.69) is 25.1 Å². The number of aryl methyl sites for hydroxylation is 2. The SMILES string of the molecule is Cc1cccc2c1N(C=O)CCC2. The number of fused-ring (bicyclic) bond motifs is 1. The Morgan fingerprint density at radius 2 is 2.31 bits per heavy atom. The van der Waals surface area contributed by atoms with Gasteiger partial charge in [0.1, 0.15) is 0 Å². The van der Waals surface area contributed by atoms with Gasteiger partial charge in [0.25, 0.3) is 0 Å². The maximum atomic E-state index is 10.8. The third kappa shape index (κ3) is 1.32. The van der Waals surface area contributed by atoms with Crippen molar-refractivity contribution in [1.29, 1.82) is 0 Å². The molecule has 0 atom stereocenters. The van der Waals surface area contributed by atoms with Gasteiger partial charge >= 0.3 is 0 Å². The van der Waals surface area contributed by atoms with Crippen molar-refractivity contribution in [3.05, 3.63) is 29.3 Å². The van der Waals surface area contributed by atoms with Gasteiger partial charge in [-0.3, -0.25) is 4.79 Å². The molecular weight excluding hydrogens is 162 g/mol. The van der Waals surface area contributed by atoms with E-state index in [-0.39, 0.29) is 0 Å². The number of nitrogens with zero attached hydrogens (tertiary/aromatic N) is 1. The molecular formula is C11H13NO. The summed E-state index contributed by atoms with van der Waals surface area (Å²) in [5.74, 6) is 0. The molecule has 2 rings (SSSR count). The van der Waals surface area contributed by atoms with E-state index in [0.717, 1.165) is 31.5 Å². The Morgan fingerprint density at radius 3 is 3.08 bits per heavy atom. The van der Waals surface area contributed by atoms with Gasteiger partial charge in [0.2, 0.25) is 6.41 Å². The van der Waals surface area contributed by atoms with Gasteiger partial charge in [0.05, 0.1) is 0 Å². The number of hydrogen-bond acceptors (Lipinski definition) is 1. The van der Waals surface area contributed by atoms with Crippen molar-refractivity contribution in [1.82, 2.24) is 0 Å². The third-order valence-corrected chi connectivity index (χ3v) is 2.58. The summed E-state index contributed by atoms with van der Waals surface area (Å²) in [5, 5.41) is 0. The molecule has 1 heterocycles. The average molecular weight is 175 g/mol. The first kappa shape index (κ1) is 8.30. The molecule has 1 aliphatic rings. The number of hydrogen-bond donors (Lipinski definition) is 0. The van der Waals surface area contributed by atoms with Crippen molar-refractivity contribution in [2.75, 3.05) is 11.4 Å². The molecule has 0 saturated heterocycles. The van der Waals surface area contributed by atoms with Crippen LogP contribution in [0.3, 0.4) is 0 Å². The summed E-state index contributed by atoms with van der Waals surface area (Å²) in [6.45, 7) is 2.92. The van der Waals surface area contributed by atoms with Crippen LogP contribution >= 0.6 is 0 Å². The second-order valence-corrected chi connectivity index (χ2v) is 3.48. The monoisotopic (exact) mass is 175 g/mol. The predicted octanol–water partition coefficient (Wildman–Crippen LogP) is 1.90. The highest BCUT2D eigenvalue weighted by atomic mass is 16.1. The summed E-state index contributed by atoms with van der Waals surface area (Å²) in [5.41, 5.74) is 3.63. The lowest BCUT2D eigenvalue weighted by Gasteiger charge is -2.27. The zero-order chi connectivity index (χ0) is 9.26. The van der Waals surface area contributed by atoms with E-state index in [9.17, 15) is 4.79 Å². The van der Waals surface area contributed by atoms with Gasteiger partial charge in [-0.05, 0) is 30.9 Å². The Labute approximate surface area is 78.2 Å². The van der Waals surface area contributed by atoms with Crippen LogP contribution in [0.15, 0.2) is 18.2 Å². The first-order valence-corrected chi connectivity index (χ1v) is 4.63. The first-order valence-electron chi connectivity index (χ1n) is 4.63. The van der Waals surface area contributed by atoms with Crippen molar-refractivity contribution in [3.63, 3.8) is 0 Å². The van der Waals surface area contributed by atoms with Gasteiger partial charge in [-0.1, -0.05) is 18.2 Å². The van der Waals surface area contributed by atoms with E-state index in [1.165, 1.54) is 11.1 Å². The Balaban J connectivity index is 2.53. The molecule has 13 heavy (non-hydrogen) atoms. The second kappa shape index (κ2) is 3.21. The third-order valence-electron chi connectivity index (χ3n) is 2.58. The number of amides is 1. The molecule has 0 unspecified atom stereocenters. The fraction of sp³-hybridized carbons (Fsp3) is 0.364. The minimum atomic E-state index is 0.862. The molecule has 1 aromatic carbocycles. The second-order valence-electron chi connectivity index (χ2n) is 3.48. The van der Waals surface area contributed by atoms with E-state index in [4.69, 9.17) is 0 Å². The molecule has 2 heteroatoms. The zero-order valence-electron chi connectivity index (χ0n) is 7.79. The molecule has 0 aromatic heterocycles. The van der Waals surface area contributed by atoms with Crippen LogP contribution in [0.5, 0.6) is 0 Å². The average Bonchev–Trinajstić information content (AvgIpc) is 2.17. The highest BCUT2D eigenvalue weighted by Gasteiger charge is 2.17. The van der Waals surface area contributed by atoms with Gasteiger partial charge in [0.15, 0.2) is 0 Å². The molecule has 68 valence electrons. The van der Waals surface area contributed by atoms with Gasteiger partial charge < -0.3 is 4.90 Å². The molecule has 2 nitrogen and oxygen atoms in total. The summed E-state index contributed by atoms with van der Waals surface area (Å²) in [7, 11) is 0. The normalized spacial score (nSPS) is 15.3. The molecule has 1 aliphatic heterocycles. The van der Waals surface area contributed by atoms with E-state index < -0.39 is 0 Å². The van der Waals surface area contributed by atoms with Crippen LogP contribution in [-0.2, 0) is 11.2 Å². The molecule has 0 saturated carbocycles. The highest BCUT2D eigenvalue weighted by molar-refractivity contribution is 5.79. The van der Waals surface area contributed by atoms with Crippen molar-refractivity contribution >= 4 is 12.1 Å². The standard InChI is InChI=1S/C11H13NO/c1-9-4-2-5-10-6-3-7-12(8-13)11(9)10/h2,4-5,8H,3,6-7H2,1H3. The molecule has 0 aliphatic carbocycles. The van der Waals surface area contributed by atoms with Crippen LogP contribution in [0.2, 0.25) is 0 Å².